The van der Waals surface area contributed by atoms with Gasteiger partial charge < -0.3 is 15.6 Å². The fraction of sp³-hybridized carbons (Fsp3) is 0.300. The molecular formula is C10H13N5O. The van der Waals surface area contributed by atoms with Crippen molar-refractivity contribution in [1.29, 1.82) is 0 Å². The lowest BCUT2D eigenvalue weighted by Crippen LogP contribution is -2.06. The zero-order valence-electron chi connectivity index (χ0n) is 8.97. The van der Waals surface area contributed by atoms with E-state index in [2.05, 4.69) is 20.4 Å². The van der Waals surface area contributed by atoms with Crippen LogP contribution < -0.4 is 11.1 Å². The molecule has 2 heterocycles. The van der Waals surface area contributed by atoms with Gasteiger partial charge >= 0.3 is 0 Å². The van der Waals surface area contributed by atoms with Gasteiger partial charge in [0.15, 0.2) is 5.82 Å². The van der Waals surface area contributed by atoms with Gasteiger partial charge in [0.25, 0.3) is 0 Å². The number of anilines is 2. The van der Waals surface area contributed by atoms with Crippen molar-refractivity contribution in [3.05, 3.63) is 30.0 Å². The first-order chi connectivity index (χ1) is 7.74. The molecule has 84 valence electrons. The largest absolute Gasteiger partial charge is 0.384 e. The first-order valence-corrected chi connectivity index (χ1v) is 4.98. The minimum atomic E-state index is 0.500. The molecule has 0 aromatic carbocycles. The lowest BCUT2D eigenvalue weighted by Gasteiger charge is -2.04. The quantitative estimate of drug-likeness (QED) is 0.797. The van der Waals surface area contributed by atoms with Crippen molar-refractivity contribution < 1.29 is 4.52 Å². The molecule has 0 fully saturated rings. The molecule has 0 saturated heterocycles. The molecule has 0 unspecified atom stereocenters. The van der Waals surface area contributed by atoms with E-state index in [-0.39, 0.29) is 0 Å². The fourth-order valence-electron chi connectivity index (χ4n) is 1.32. The Hall–Kier alpha value is -2.11. The van der Waals surface area contributed by atoms with Crippen LogP contribution in [0.25, 0.3) is 0 Å². The molecule has 2 aromatic rings. The maximum absolute atomic E-state index is 5.55. The highest BCUT2D eigenvalue weighted by Crippen LogP contribution is 2.08. The van der Waals surface area contributed by atoms with Crippen LogP contribution in [0, 0.1) is 6.92 Å². The molecule has 0 aliphatic heterocycles. The molecule has 0 aliphatic carbocycles. The van der Waals surface area contributed by atoms with Gasteiger partial charge in [0.1, 0.15) is 5.82 Å². The number of nitrogens with two attached hydrogens (primary N) is 1. The Morgan fingerprint density at radius 1 is 1.50 bits per heavy atom. The third-order valence-electron chi connectivity index (χ3n) is 2.03. The van der Waals surface area contributed by atoms with E-state index < -0.39 is 0 Å². The number of nitrogens with zero attached hydrogens (tertiary/aromatic N) is 3. The van der Waals surface area contributed by atoms with Crippen LogP contribution in [0.1, 0.15) is 11.7 Å². The van der Waals surface area contributed by atoms with Crippen LogP contribution in [0.15, 0.2) is 22.9 Å². The van der Waals surface area contributed by atoms with Crippen molar-refractivity contribution >= 4 is 11.5 Å². The number of rotatable bonds is 4. The van der Waals surface area contributed by atoms with Crippen molar-refractivity contribution in [2.75, 3.05) is 17.6 Å². The van der Waals surface area contributed by atoms with Crippen molar-refractivity contribution in [2.45, 2.75) is 13.3 Å². The van der Waals surface area contributed by atoms with Gasteiger partial charge in [-0.15, -0.1) is 0 Å². The molecule has 2 aromatic heterocycles. The highest BCUT2D eigenvalue weighted by Gasteiger charge is 2.01. The SMILES string of the molecule is Cc1nc(CCNc2ccnc(N)c2)no1. The number of aromatic nitrogens is 3. The Morgan fingerprint density at radius 2 is 2.38 bits per heavy atom. The van der Waals surface area contributed by atoms with Gasteiger partial charge in [-0.1, -0.05) is 5.16 Å². The molecule has 0 radical (unpaired) electrons. The Morgan fingerprint density at radius 3 is 3.06 bits per heavy atom. The van der Waals surface area contributed by atoms with E-state index in [9.17, 15) is 0 Å². The second-order valence-electron chi connectivity index (χ2n) is 3.38. The van der Waals surface area contributed by atoms with Crippen molar-refractivity contribution in [2.24, 2.45) is 0 Å². The molecule has 6 nitrogen and oxygen atoms in total. The summed E-state index contributed by atoms with van der Waals surface area (Å²) in [6.07, 6.45) is 2.37. The van der Waals surface area contributed by atoms with Gasteiger partial charge in [-0.05, 0) is 6.07 Å². The zero-order chi connectivity index (χ0) is 11.4. The Kier molecular flexibility index (Phi) is 3.00. The molecule has 2 rings (SSSR count). The lowest BCUT2D eigenvalue weighted by atomic mass is 10.3. The lowest BCUT2D eigenvalue weighted by molar-refractivity contribution is 0.387. The predicted molar refractivity (Wildman–Crippen MR) is 59.9 cm³/mol. The monoisotopic (exact) mass is 219 g/mol. The summed E-state index contributed by atoms with van der Waals surface area (Å²) in [7, 11) is 0. The van der Waals surface area contributed by atoms with Crippen molar-refractivity contribution in [1.82, 2.24) is 15.1 Å². The molecular weight excluding hydrogens is 206 g/mol. The molecule has 0 bridgehead atoms. The van der Waals surface area contributed by atoms with Crippen LogP contribution in [0.5, 0.6) is 0 Å². The second-order valence-corrected chi connectivity index (χ2v) is 3.38. The Labute approximate surface area is 92.9 Å². The van der Waals surface area contributed by atoms with Gasteiger partial charge in [0, 0.05) is 37.8 Å². The molecule has 0 spiro atoms. The first kappa shape index (κ1) is 10.4. The van der Waals surface area contributed by atoms with E-state index in [0.717, 1.165) is 12.2 Å². The number of hydrogen-bond donors (Lipinski definition) is 2. The molecule has 0 saturated carbocycles. The summed E-state index contributed by atoms with van der Waals surface area (Å²) in [5, 5.41) is 7.00. The predicted octanol–water partition coefficient (Wildman–Crippen LogP) is 1.01. The Bertz CT molecular complexity index is 468. The third kappa shape index (κ3) is 2.69. The normalized spacial score (nSPS) is 10.3. The fourth-order valence-corrected chi connectivity index (χ4v) is 1.32. The third-order valence-corrected chi connectivity index (χ3v) is 2.03. The van der Waals surface area contributed by atoms with E-state index in [1.807, 2.05) is 6.07 Å². The standard InChI is InChI=1S/C10H13N5O/c1-7-14-10(15-16-7)3-5-12-8-2-4-13-9(11)6-8/h2,4,6H,3,5H2,1H3,(H3,11,12,13). The minimum Gasteiger partial charge on any atom is -0.384 e. The van der Waals surface area contributed by atoms with Crippen LogP contribution >= 0.6 is 0 Å². The van der Waals surface area contributed by atoms with Crippen molar-refractivity contribution in [3.8, 4) is 0 Å². The van der Waals surface area contributed by atoms with Crippen LogP contribution in [0.4, 0.5) is 11.5 Å². The van der Waals surface area contributed by atoms with Gasteiger partial charge in [0.05, 0.1) is 0 Å². The first-order valence-electron chi connectivity index (χ1n) is 4.98. The topological polar surface area (TPSA) is 89.9 Å². The number of pyridine rings is 1. The maximum Gasteiger partial charge on any atom is 0.223 e. The van der Waals surface area contributed by atoms with Gasteiger partial charge in [-0.3, -0.25) is 0 Å². The van der Waals surface area contributed by atoms with Gasteiger partial charge in [0.2, 0.25) is 5.89 Å². The number of nitrogens with one attached hydrogen (secondary N) is 1. The van der Waals surface area contributed by atoms with Crippen LogP contribution in [-0.2, 0) is 6.42 Å². The minimum absolute atomic E-state index is 0.500. The summed E-state index contributed by atoms with van der Waals surface area (Å²) in [6.45, 7) is 2.50. The van der Waals surface area contributed by atoms with E-state index in [1.54, 1.807) is 19.2 Å². The Balaban J connectivity index is 1.84. The van der Waals surface area contributed by atoms with Gasteiger partial charge in [-0.25, -0.2) is 4.98 Å². The van der Waals surface area contributed by atoms with Crippen molar-refractivity contribution in [3.63, 3.8) is 0 Å². The molecule has 0 aliphatic rings. The molecule has 16 heavy (non-hydrogen) atoms. The van der Waals surface area contributed by atoms with Gasteiger partial charge in [-0.2, -0.15) is 4.98 Å². The van der Waals surface area contributed by atoms with E-state index >= 15 is 0 Å². The summed E-state index contributed by atoms with van der Waals surface area (Å²) in [5.74, 6) is 1.79. The molecule has 6 heteroatoms. The zero-order valence-corrected chi connectivity index (χ0v) is 8.97. The average Bonchev–Trinajstić information content (AvgIpc) is 2.64. The highest BCUT2D eigenvalue weighted by atomic mass is 16.5. The maximum atomic E-state index is 5.55. The summed E-state index contributed by atoms with van der Waals surface area (Å²) >= 11 is 0. The number of hydrogen-bond acceptors (Lipinski definition) is 6. The van der Waals surface area contributed by atoms with Crippen LogP contribution in [0.2, 0.25) is 0 Å². The van der Waals surface area contributed by atoms with E-state index in [4.69, 9.17) is 10.3 Å². The summed E-state index contributed by atoms with van der Waals surface area (Å²) in [4.78, 5) is 8.01. The average molecular weight is 219 g/mol. The summed E-state index contributed by atoms with van der Waals surface area (Å²) in [6, 6.07) is 3.64. The summed E-state index contributed by atoms with van der Waals surface area (Å²) < 4.78 is 4.87. The van der Waals surface area contributed by atoms with E-state index in [1.165, 1.54) is 0 Å². The van der Waals surface area contributed by atoms with E-state index in [0.29, 0.717) is 24.0 Å². The second kappa shape index (κ2) is 4.61. The van der Waals surface area contributed by atoms with Crippen LogP contribution in [0.3, 0.4) is 0 Å². The highest BCUT2D eigenvalue weighted by molar-refractivity contribution is 5.49. The molecule has 3 N–H and O–H groups in total. The van der Waals surface area contributed by atoms with Crippen LogP contribution in [-0.4, -0.2) is 21.7 Å². The number of aryl methyl sites for hydroxylation is 1. The summed E-state index contributed by atoms with van der Waals surface area (Å²) in [5.41, 5.74) is 6.49. The smallest absolute Gasteiger partial charge is 0.223 e. The number of nitrogen functional groups attached to an aromatic ring is 1. The molecule has 0 atom stereocenters. The molecule has 0 amide bonds.